The van der Waals surface area contributed by atoms with E-state index in [4.69, 9.17) is 9.47 Å². The van der Waals surface area contributed by atoms with Crippen molar-refractivity contribution in [3.63, 3.8) is 0 Å². The number of ether oxygens (including phenoxy) is 3. The van der Waals surface area contributed by atoms with Gasteiger partial charge in [-0.05, 0) is 12.8 Å². The number of hydrogen-bond acceptors (Lipinski definition) is 5. The van der Waals surface area contributed by atoms with Gasteiger partial charge in [-0.2, -0.15) is 0 Å². The number of esters is 2. The SMILES string of the molecule is CCC(CC(C)C(=O)OCC1CO1)C(=O)OC. The van der Waals surface area contributed by atoms with Crippen LogP contribution in [0, 0.1) is 11.8 Å². The number of rotatable bonds is 7. The molecule has 1 rings (SSSR count). The Labute approximate surface area is 101 Å². The van der Waals surface area contributed by atoms with Gasteiger partial charge in [0.15, 0.2) is 0 Å². The molecule has 1 fully saturated rings. The first-order valence-electron chi connectivity index (χ1n) is 5.94. The maximum absolute atomic E-state index is 11.6. The molecule has 0 aromatic rings. The van der Waals surface area contributed by atoms with E-state index in [0.717, 1.165) is 0 Å². The molecule has 0 amide bonds. The van der Waals surface area contributed by atoms with Crippen molar-refractivity contribution < 1.29 is 23.8 Å². The van der Waals surface area contributed by atoms with Gasteiger partial charge in [0.05, 0.1) is 25.6 Å². The summed E-state index contributed by atoms with van der Waals surface area (Å²) < 4.78 is 14.7. The molecule has 0 aromatic heterocycles. The second kappa shape index (κ2) is 6.59. The van der Waals surface area contributed by atoms with Crippen LogP contribution < -0.4 is 0 Å². The van der Waals surface area contributed by atoms with Gasteiger partial charge >= 0.3 is 11.9 Å². The van der Waals surface area contributed by atoms with E-state index < -0.39 is 0 Å². The van der Waals surface area contributed by atoms with E-state index in [1.54, 1.807) is 6.92 Å². The number of carbonyl (C=O) groups excluding carboxylic acids is 2. The first kappa shape index (κ1) is 14.0. The number of carbonyl (C=O) groups is 2. The summed E-state index contributed by atoms with van der Waals surface area (Å²) >= 11 is 0. The first-order chi connectivity index (χ1) is 8.08. The molecular weight excluding hydrogens is 224 g/mol. The summed E-state index contributed by atoms with van der Waals surface area (Å²) in [6.45, 7) is 4.65. The van der Waals surface area contributed by atoms with Gasteiger partial charge in [0.25, 0.3) is 0 Å². The van der Waals surface area contributed by atoms with Gasteiger partial charge in [-0.1, -0.05) is 13.8 Å². The molecule has 1 aliphatic heterocycles. The molecule has 0 spiro atoms. The van der Waals surface area contributed by atoms with Gasteiger partial charge in [0.2, 0.25) is 0 Å². The van der Waals surface area contributed by atoms with Crippen LogP contribution >= 0.6 is 0 Å². The van der Waals surface area contributed by atoms with Gasteiger partial charge in [-0.15, -0.1) is 0 Å². The van der Waals surface area contributed by atoms with Crippen molar-refractivity contribution in [2.75, 3.05) is 20.3 Å². The number of methoxy groups -OCH3 is 1. The summed E-state index contributed by atoms with van der Waals surface area (Å²) in [6, 6.07) is 0. The zero-order valence-electron chi connectivity index (χ0n) is 10.6. The molecule has 0 radical (unpaired) electrons. The van der Waals surface area contributed by atoms with E-state index in [2.05, 4.69) is 4.74 Å². The lowest BCUT2D eigenvalue weighted by molar-refractivity contribution is -0.151. The van der Waals surface area contributed by atoms with Gasteiger partial charge in [0.1, 0.15) is 12.7 Å². The van der Waals surface area contributed by atoms with Crippen molar-refractivity contribution in [1.29, 1.82) is 0 Å². The Morgan fingerprint density at radius 2 is 2.06 bits per heavy atom. The average molecular weight is 244 g/mol. The molecule has 1 aliphatic rings. The molecule has 3 unspecified atom stereocenters. The Morgan fingerprint density at radius 1 is 1.41 bits per heavy atom. The molecule has 3 atom stereocenters. The van der Waals surface area contributed by atoms with Gasteiger partial charge in [-0.3, -0.25) is 9.59 Å². The quantitative estimate of drug-likeness (QED) is 0.496. The molecule has 0 saturated carbocycles. The minimum atomic E-state index is -0.294. The first-order valence-corrected chi connectivity index (χ1v) is 5.94. The van der Waals surface area contributed by atoms with Crippen molar-refractivity contribution in [2.24, 2.45) is 11.8 Å². The normalized spacial score (nSPS) is 21.5. The van der Waals surface area contributed by atoms with E-state index in [-0.39, 0.29) is 29.9 Å². The lowest BCUT2D eigenvalue weighted by Gasteiger charge is -2.16. The molecule has 17 heavy (non-hydrogen) atoms. The van der Waals surface area contributed by atoms with Crippen LogP contribution in [0.3, 0.4) is 0 Å². The lowest BCUT2D eigenvalue weighted by Crippen LogP contribution is -2.24. The Bertz CT molecular complexity index is 272. The highest BCUT2D eigenvalue weighted by Gasteiger charge is 2.28. The molecule has 0 N–H and O–H groups in total. The maximum atomic E-state index is 11.6. The summed E-state index contributed by atoms with van der Waals surface area (Å²) in [5.41, 5.74) is 0. The molecule has 1 heterocycles. The van der Waals surface area contributed by atoms with Crippen LogP contribution in [0.25, 0.3) is 0 Å². The fraction of sp³-hybridized carbons (Fsp3) is 0.833. The topological polar surface area (TPSA) is 65.1 Å². The van der Waals surface area contributed by atoms with Crippen LogP contribution in [0.2, 0.25) is 0 Å². The second-order valence-electron chi connectivity index (χ2n) is 4.35. The molecule has 1 saturated heterocycles. The van der Waals surface area contributed by atoms with Crippen LogP contribution in [0.15, 0.2) is 0 Å². The van der Waals surface area contributed by atoms with Crippen LogP contribution in [0.5, 0.6) is 0 Å². The van der Waals surface area contributed by atoms with Gasteiger partial charge < -0.3 is 14.2 Å². The van der Waals surface area contributed by atoms with Crippen LogP contribution in [0.4, 0.5) is 0 Å². The average Bonchev–Trinajstić information content (AvgIpc) is 3.15. The lowest BCUT2D eigenvalue weighted by atomic mass is 9.94. The zero-order chi connectivity index (χ0) is 12.8. The van der Waals surface area contributed by atoms with E-state index in [1.807, 2.05) is 6.92 Å². The molecule has 5 nitrogen and oxygen atoms in total. The maximum Gasteiger partial charge on any atom is 0.308 e. The van der Waals surface area contributed by atoms with Crippen LogP contribution in [-0.2, 0) is 23.8 Å². The standard InChI is InChI=1S/C12H20O5/c1-4-9(12(14)15-3)5-8(2)11(13)17-7-10-6-16-10/h8-10H,4-7H2,1-3H3. The summed E-state index contributed by atoms with van der Waals surface area (Å²) in [4.78, 5) is 23.0. The minimum Gasteiger partial charge on any atom is -0.469 e. The van der Waals surface area contributed by atoms with Crippen molar-refractivity contribution in [3.8, 4) is 0 Å². The second-order valence-corrected chi connectivity index (χ2v) is 4.35. The molecule has 5 heteroatoms. The van der Waals surface area contributed by atoms with Crippen LogP contribution in [0.1, 0.15) is 26.7 Å². The Kier molecular flexibility index (Phi) is 5.41. The predicted molar refractivity (Wildman–Crippen MR) is 60.3 cm³/mol. The van der Waals surface area contributed by atoms with E-state index in [1.165, 1.54) is 7.11 Å². The third-order valence-electron chi connectivity index (χ3n) is 2.88. The van der Waals surface area contributed by atoms with Crippen molar-refractivity contribution in [2.45, 2.75) is 32.8 Å². The summed E-state index contributed by atoms with van der Waals surface area (Å²) in [6.07, 6.45) is 1.21. The van der Waals surface area contributed by atoms with Crippen molar-refractivity contribution >= 4 is 11.9 Å². The van der Waals surface area contributed by atoms with Crippen molar-refractivity contribution in [3.05, 3.63) is 0 Å². The number of hydrogen-bond donors (Lipinski definition) is 0. The summed E-state index contributed by atoms with van der Waals surface area (Å²) in [5.74, 6) is -1.07. The molecule has 98 valence electrons. The highest BCUT2D eigenvalue weighted by molar-refractivity contribution is 5.75. The Morgan fingerprint density at radius 3 is 2.53 bits per heavy atom. The van der Waals surface area contributed by atoms with Gasteiger partial charge in [0, 0.05) is 0 Å². The Hall–Kier alpha value is -1.10. The third kappa shape index (κ3) is 4.73. The smallest absolute Gasteiger partial charge is 0.308 e. The molecule has 0 bridgehead atoms. The zero-order valence-corrected chi connectivity index (χ0v) is 10.6. The van der Waals surface area contributed by atoms with E-state index in [9.17, 15) is 9.59 Å². The fourth-order valence-corrected chi connectivity index (χ4v) is 1.60. The Balaban J connectivity index is 2.31. The van der Waals surface area contributed by atoms with Crippen LogP contribution in [-0.4, -0.2) is 38.4 Å². The van der Waals surface area contributed by atoms with Gasteiger partial charge in [-0.25, -0.2) is 0 Å². The monoisotopic (exact) mass is 244 g/mol. The molecule has 0 aromatic carbocycles. The largest absolute Gasteiger partial charge is 0.469 e. The van der Waals surface area contributed by atoms with E-state index >= 15 is 0 Å². The summed E-state index contributed by atoms with van der Waals surface area (Å²) in [5, 5.41) is 0. The number of epoxide rings is 1. The third-order valence-corrected chi connectivity index (χ3v) is 2.88. The predicted octanol–water partition coefficient (Wildman–Crippen LogP) is 1.15. The highest BCUT2D eigenvalue weighted by Crippen LogP contribution is 2.19. The van der Waals surface area contributed by atoms with E-state index in [0.29, 0.717) is 26.1 Å². The molecular formula is C12H20O5. The summed E-state index contributed by atoms with van der Waals surface area (Å²) in [7, 11) is 1.36. The fourth-order valence-electron chi connectivity index (χ4n) is 1.60. The van der Waals surface area contributed by atoms with Crippen molar-refractivity contribution in [1.82, 2.24) is 0 Å². The highest BCUT2D eigenvalue weighted by atomic mass is 16.6. The molecule has 0 aliphatic carbocycles. The minimum absolute atomic E-state index is 0.0775.